The maximum atomic E-state index is 13.6. The van der Waals surface area contributed by atoms with E-state index in [1.165, 1.54) is 6.07 Å². The van der Waals surface area contributed by atoms with E-state index in [1.807, 2.05) is 0 Å². The fourth-order valence-corrected chi connectivity index (χ4v) is 2.20. The van der Waals surface area contributed by atoms with Crippen LogP contribution in [0.15, 0.2) is 42.5 Å². The summed E-state index contributed by atoms with van der Waals surface area (Å²) in [5, 5.41) is 0. The summed E-state index contributed by atoms with van der Waals surface area (Å²) >= 11 is 0. The Hall–Kier alpha value is -2.56. The molecule has 0 unspecified atom stereocenters. The maximum absolute atomic E-state index is 13.6. The number of rotatable bonds is 2. The highest BCUT2D eigenvalue weighted by molar-refractivity contribution is 6.21. The number of nitrogens with zero attached hydrogens (tertiary/aromatic N) is 1. The van der Waals surface area contributed by atoms with Gasteiger partial charge in [0, 0.05) is 11.6 Å². The maximum Gasteiger partial charge on any atom is 0.261 e. The molecule has 0 atom stereocenters. The second-order valence-electron chi connectivity index (χ2n) is 4.48. The van der Waals surface area contributed by atoms with Gasteiger partial charge in [-0.05, 0) is 18.2 Å². The number of fused-ring (bicyclic) bond motifs is 1. The predicted molar refractivity (Wildman–Crippen MR) is 67.0 cm³/mol. The molecule has 0 bridgehead atoms. The number of carbonyl (C=O) groups is 2. The number of amides is 2. The third-order valence-electron chi connectivity index (χ3n) is 3.22. The van der Waals surface area contributed by atoms with E-state index in [9.17, 15) is 18.4 Å². The van der Waals surface area contributed by atoms with E-state index in [0.29, 0.717) is 11.1 Å². The van der Waals surface area contributed by atoms with E-state index in [-0.39, 0.29) is 12.1 Å². The van der Waals surface area contributed by atoms with Crippen LogP contribution in [0.4, 0.5) is 8.78 Å². The molecule has 3 nitrogen and oxygen atoms in total. The van der Waals surface area contributed by atoms with E-state index >= 15 is 0 Å². The quantitative estimate of drug-likeness (QED) is 0.789. The molecule has 0 saturated heterocycles. The standard InChI is InChI=1S/C15H9F2NO2/c16-10-6-5-9(13(17)7-10)8-18-14(19)11-3-1-2-4-12(11)15(18)20/h1-7H,8H2. The third-order valence-corrected chi connectivity index (χ3v) is 3.22. The summed E-state index contributed by atoms with van der Waals surface area (Å²) in [6.07, 6.45) is 0. The number of hydrogen-bond acceptors (Lipinski definition) is 2. The van der Waals surface area contributed by atoms with Crippen molar-refractivity contribution in [1.82, 2.24) is 4.90 Å². The average Bonchev–Trinajstić information content (AvgIpc) is 2.67. The molecule has 0 radical (unpaired) electrons. The van der Waals surface area contributed by atoms with Crippen molar-refractivity contribution < 1.29 is 18.4 Å². The molecule has 1 heterocycles. The van der Waals surface area contributed by atoms with Crippen LogP contribution >= 0.6 is 0 Å². The minimum atomic E-state index is -0.776. The Kier molecular flexibility index (Phi) is 2.82. The Morgan fingerprint density at radius 2 is 1.50 bits per heavy atom. The van der Waals surface area contributed by atoms with E-state index in [1.54, 1.807) is 24.3 Å². The van der Waals surface area contributed by atoms with Crippen LogP contribution in [0, 0.1) is 11.6 Å². The van der Waals surface area contributed by atoms with Crippen molar-refractivity contribution in [2.45, 2.75) is 6.54 Å². The van der Waals surface area contributed by atoms with Crippen LogP contribution < -0.4 is 0 Å². The Balaban J connectivity index is 1.94. The lowest BCUT2D eigenvalue weighted by Gasteiger charge is -2.14. The zero-order chi connectivity index (χ0) is 14.3. The molecule has 0 aromatic heterocycles. The van der Waals surface area contributed by atoms with Crippen LogP contribution in [0.3, 0.4) is 0 Å². The smallest absolute Gasteiger partial charge is 0.261 e. The van der Waals surface area contributed by atoms with Gasteiger partial charge < -0.3 is 0 Å². The van der Waals surface area contributed by atoms with E-state index in [4.69, 9.17) is 0 Å². The van der Waals surface area contributed by atoms with Gasteiger partial charge in [0.25, 0.3) is 11.8 Å². The van der Waals surface area contributed by atoms with Crippen molar-refractivity contribution in [3.8, 4) is 0 Å². The molecule has 1 aliphatic rings. The molecule has 2 amide bonds. The summed E-state index contributed by atoms with van der Waals surface area (Å²) in [6, 6.07) is 9.48. The summed E-state index contributed by atoms with van der Waals surface area (Å²) in [5.41, 5.74) is 0.709. The summed E-state index contributed by atoms with van der Waals surface area (Å²) in [4.78, 5) is 25.2. The SMILES string of the molecule is O=C1c2ccccc2C(=O)N1Cc1ccc(F)cc1F. The van der Waals surface area contributed by atoms with Gasteiger partial charge in [0.1, 0.15) is 11.6 Å². The first-order valence-corrected chi connectivity index (χ1v) is 5.97. The van der Waals surface area contributed by atoms with Gasteiger partial charge in [-0.25, -0.2) is 8.78 Å². The van der Waals surface area contributed by atoms with Crippen molar-refractivity contribution in [3.63, 3.8) is 0 Å². The van der Waals surface area contributed by atoms with Crippen molar-refractivity contribution in [3.05, 3.63) is 70.8 Å². The molecule has 3 rings (SSSR count). The van der Waals surface area contributed by atoms with Crippen LogP contribution in [0.1, 0.15) is 26.3 Å². The second-order valence-corrected chi connectivity index (χ2v) is 4.48. The molecule has 1 aliphatic heterocycles. The van der Waals surface area contributed by atoms with Gasteiger partial charge in [0.05, 0.1) is 17.7 Å². The molecular formula is C15H9F2NO2. The van der Waals surface area contributed by atoms with Gasteiger partial charge in [0.2, 0.25) is 0 Å². The van der Waals surface area contributed by atoms with Gasteiger partial charge in [-0.2, -0.15) is 0 Å². The molecule has 2 aromatic rings. The normalized spacial score (nSPS) is 13.8. The first-order chi connectivity index (χ1) is 9.58. The molecule has 0 saturated carbocycles. The Morgan fingerprint density at radius 3 is 2.05 bits per heavy atom. The number of hydrogen-bond donors (Lipinski definition) is 0. The highest BCUT2D eigenvalue weighted by atomic mass is 19.1. The van der Waals surface area contributed by atoms with Crippen molar-refractivity contribution in [2.75, 3.05) is 0 Å². The molecule has 5 heteroatoms. The van der Waals surface area contributed by atoms with Gasteiger partial charge in [-0.1, -0.05) is 18.2 Å². The summed E-state index contributed by atoms with van der Waals surface area (Å²) in [6.45, 7) is -0.210. The minimum Gasteiger partial charge on any atom is -0.270 e. The number of halogens is 2. The van der Waals surface area contributed by atoms with E-state index in [2.05, 4.69) is 0 Å². The van der Waals surface area contributed by atoms with Crippen molar-refractivity contribution in [1.29, 1.82) is 0 Å². The molecule has 2 aromatic carbocycles. The number of benzene rings is 2. The molecule has 0 spiro atoms. The van der Waals surface area contributed by atoms with Gasteiger partial charge >= 0.3 is 0 Å². The first-order valence-electron chi connectivity index (χ1n) is 5.97. The highest BCUT2D eigenvalue weighted by Gasteiger charge is 2.35. The molecule has 0 fully saturated rings. The fraction of sp³-hybridized carbons (Fsp3) is 0.0667. The monoisotopic (exact) mass is 273 g/mol. The zero-order valence-electron chi connectivity index (χ0n) is 10.3. The van der Waals surface area contributed by atoms with Crippen molar-refractivity contribution in [2.24, 2.45) is 0 Å². The minimum absolute atomic E-state index is 0.0981. The zero-order valence-corrected chi connectivity index (χ0v) is 10.3. The number of imide groups is 1. The van der Waals surface area contributed by atoms with E-state index in [0.717, 1.165) is 17.0 Å². The average molecular weight is 273 g/mol. The Bertz CT molecular complexity index is 693. The van der Waals surface area contributed by atoms with Crippen LogP contribution in [-0.2, 0) is 6.54 Å². The lowest BCUT2D eigenvalue weighted by Crippen LogP contribution is -2.29. The van der Waals surface area contributed by atoms with E-state index < -0.39 is 23.4 Å². The van der Waals surface area contributed by atoms with Crippen LogP contribution in [-0.4, -0.2) is 16.7 Å². The van der Waals surface area contributed by atoms with Gasteiger partial charge in [0.15, 0.2) is 0 Å². The predicted octanol–water partition coefficient (Wildman–Crippen LogP) is 2.76. The summed E-state index contributed by atoms with van der Waals surface area (Å²) in [5.74, 6) is -2.40. The van der Waals surface area contributed by atoms with Crippen LogP contribution in [0.25, 0.3) is 0 Å². The van der Waals surface area contributed by atoms with Crippen LogP contribution in [0.5, 0.6) is 0 Å². The summed E-state index contributed by atoms with van der Waals surface area (Å²) < 4.78 is 26.4. The van der Waals surface area contributed by atoms with Gasteiger partial charge in [-0.15, -0.1) is 0 Å². The molecule has 0 N–H and O–H groups in total. The van der Waals surface area contributed by atoms with Gasteiger partial charge in [-0.3, -0.25) is 14.5 Å². The molecular weight excluding hydrogens is 264 g/mol. The largest absolute Gasteiger partial charge is 0.270 e. The Morgan fingerprint density at radius 1 is 0.900 bits per heavy atom. The lowest BCUT2D eigenvalue weighted by atomic mass is 10.1. The number of carbonyl (C=O) groups excluding carboxylic acids is 2. The molecule has 0 aliphatic carbocycles. The fourth-order valence-electron chi connectivity index (χ4n) is 2.20. The highest BCUT2D eigenvalue weighted by Crippen LogP contribution is 2.24. The summed E-state index contributed by atoms with van der Waals surface area (Å²) in [7, 11) is 0. The third kappa shape index (κ3) is 1.87. The Labute approximate surface area is 113 Å². The van der Waals surface area contributed by atoms with Crippen molar-refractivity contribution >= 4 is 11.8 Å². The second kappa shape index (κ2) is 4.52. The molecule has 100 valence electrons. The lowest BCUT2D eigenvalue weighted by molar-refractivity contribution is 0.0641. The van der Waals surface area contributed by atoms with Crippen LogP contribution in [0.2, 0.25) is 0 Å². The first kappa shape index (κ1) is 12.5. The topological polar surface area (TPSA) is 37.4 Å². The molecule has 20 heavy (non-hydrogen) atoms.